The molecule has 0 aromatic carbocycles. The normalized spacial score (nSPS) is 31.1. The molecule has 0 radical (unpaired) electrons. The molecule has 3 heteroatoms. The van der Waals surface area contributed by atoms with Gasteiger partial charge in [-0.1, -0.05) is 0 Å². The molecule has 3 nitrogen and oxygen atoms in total. The summed E-state index contributed by atoms with van der Waals surface area (Å²) in [6.07, 6.45) is 2.03. The van der Waals surface area contributed by atoms with Crippen molar-refractivity contribution >= 4 is 0 Å². The summed E-state index contributed by atoms with van der Waals surface area (Å²) in [6, 6.07) is 0.472. The van der Waals surface area contributed by atoms with E-state index in [1.54, 1.807) is 7.11 Å². The first kappa shape index (κ1) is 8.97. The lowest BCUT2D eigenvalue weighted by atomic mass is 10.00. The van der Waals surface area contributed by atoms with Crippen LogP contribution in [-0.4, -0.2) is 38.0 Å². The largest absolute Gasteiger partial charge is 0.396 e. The lowest BCUT2D eigenvalue weighted by Crippen LogP contribution is -2.30. The summed E-state index contributed by atoms with van der Waals surface area (Å²) >= 11 is 0. The number of hydrogen-bond acceptors (Lipinski definition) is 3. The Morgan fingerprint density at radius 1 is 1.64 bits per heavy atom. The first-order valence-electron chi connectivity index (χ1n) is 4.21. The Morgan fingerprint density at radius 2 is 2.45 bits per heavy atom. The summed E-state index contributed by atoms with van der Waals surface area (Å²) in [5.74, 6) is 0.604. The molecule has 0 amide bonds. The fraction of sp³-hybridized carbons (Fsp3) is 1.00. The highest BCUT2D eigenvalue weighted by Crippen LogP contribution is 2.17. The van der Waals surface area contributed by atoms with Gasteiger partial charge in [0.2, 0.25) is 0 Å². The van der Waals surface area contributed by atoms with Gasteiger partial charge in [-0.15, -0.1) is 0 Å². The predicted octanol–water partition coefficient (Wildman–Crippen LogP) is -0.00670. The van der Waals surface area contributed by atoms with E-state index in [2.05, 4.69) is 5.32 Å². The average molecular weight is 159 g/mol. The molecule has 0 spiro atoms. The topological polar surface area (TPSA) is 41.5 Å². The van der Waals surface area contributed by atoms with E-state index in [-0.39, 0.29) is 6.61 Å². The quantitative estimate of drug-likeness (QED) is 0.606. The summed E-state index contributed by atoms with van der Waals surface area (Å²) in [5.41, 5.74) is 0. The second kappa shape index (κ2) is 4.70. The van der Waals surface area contributed by atoms with E-state index >= 15 is 0 Å². The smallest absolute Gasteiger partial charge is 0.0505 e. The zero-order valence-electron chi connectivity index (χ0n) is 7.05. The fourth-order valence-electron chi connectivity index (χ4n) is 1.71. The van der Waals surface area contributed by atoms with Crippen LogP contribution in [0, 0.1) is 5.92 Å². The number of aliphatic hydroxyl groups is 1. The van der Waals surface area contributed by atoms with Crippen LogP contribution in [0.4, 0.5) is 0 Å². The molecule has 1 aliphatic rings. The van der Waals surface area contributed by atoms with Crippen molar-refractivity contribution < 1.29 is 9.84 Å². The molecule has 11 heavy (non-hydrogen) atoms. The average Bonchev–Trinajstić information content (AvgIpc) is 2.39. The minimum Gasteiger partial charge on any atom is -0.396 e. The lowest BCUT2D eigenvalue weighted by molar-refractivity contribution is 0.137. The molecular weight excluding hydrogens is 142 g/mol. The molecule has 1 aliphatic heterocycles. The van der Waals surface area contributed by atoms with Crippen molar-refractivity contribution in [1.82, 2.24) is 5.32 Å². The van der Waals surface area contributed by atoms with E-state index in [0.717, 1.165) is 19.6 Å². The molecule has 0 saturated carbocycles. The van der Waals surface area contributed by atoms with Crippen molar-refractivity contribution in [3.05, 3.63) is 0 Å². The van der Waals surface area contributed by atoms with Gasteiger partial charge < -0.3 is 15.2 Å². The third-order valence-electron chi connectivity index (χ3n) is 2.31. The van der Waals surface area contributed by atoms with Gasteiger partial charge in [0.1, 0.15) is 0 Å². The fourth-order valence-corrected chi connectivity index (χ4v) is 1.71. The predicted molar refractivity (Wildman–Crippen MR) is 43.5 cm³/mol. The van der Waals surface area contributed by atoms with Crippen molar-refractivity contribution in [2.75, 3.05) is 26.9 Å². The molecule has 1 heterocycles. The molecule has 0 aromatic rings. The Bertz CT molecular complexity index is 96.3. The van der Waals surface area contributed by atoms with Crippen LogP contribution >= 0.6 is 0 Å². The van der Waals surface area contributed by atoms with Crippen molar-refractivity contribution in [2.45, 2.75) is 18.9 Å². The number of hydrogen-bond donors (Lipinski definition) is 2. The van der Waals surface area contributed by atoms with Crippen molar-refractivity contribution in [1.29, 1.82) is 0 Å². The summed E-state index contributed by atoms with van der Waals surface area (Å²) in [4.78, 5) is 0. The van der Waals surface area contributed by atoms with E-state index in [0.29, 0.717) is 12.0 Å². The van der Waals surface area contributed by atoms with E-state index in [4.69, 9.17) is 9.84 Å². The van der Waals surface area contributed by atoms with Crippen LogP contribution in [-0.2, 0) is 4.74 Å². The number of nitrogens with one attached hydrogen (secondary N) is 1. The van der Waals surface area contributed by atoms with Crippen LogP contribution in [0.15, 0.2) is 0 Å². The lowest BCUT2D eigenvalue weighted by Gasteiger charge is -2.17. The Labute approximate surface area is 67.7 Å². The first-order chi connectivity index (χ1) is 5.38. The van der Waals surface area contributed by atoms with Crippen molar-refractivity contribution in [2.24, 2.45) is 5.92 Å². The van der Waals surface area contributed by atoms with Crippen molar-refractivity contribution in [3.63, 3.8) is 0 Å². The standard InChI is InChI=1S/C8H17NO2/c1-11-6-7-2-4-9-8(7)3-5-10/h7-10H,2-6H2,1H3. The van der Waals surface area contributed by atoms with Crippen LogP contribution < -0.4 is 5.32 Å². The Kier molecular flexibility index (Phi) is 3.83. The first-order valence-corrected chi connectivity index (χ1v) is 4.21. The molecule has 66 valence electrons. The zero-order valence-corrected chi connectivity index (χ0v) is 7.05. The van der Waals surface area contributed by atoms with Crippen LogP contribution in [0.5, 0.6) is 0 Å². The second-order valence-corrected chi connectivity index (χ2v) is 3.08. The highest BCUT2D eigenvalue weighted by molar-refractivity contribution is 4.82. The molecule has 2 unspecified atom stereocenters. The molecule has 0 aromatic heterocycles. The van der Waals surface area contributed by atoms with E-state index in [1.165, 1.54) is 6.42 Å². The number of ether oxygens (including phenoxy) is 1. The maximum Gasteiger partial charge on any atom is 0.0505 e. The third kappa shape index (κ3) is 2.43. The van der Waals surface area contributed by atoms with Gasteiger partial charge in [0, 0.05) is 19.8 Å². The Morgan fingerprint density at radius 3 is 3.09 bits per heavy atom. The minimum atomic E-state index is 0.276. The second-order valence-electron chi connectivity index (χ2n) is 3.08. The molecular formula is C8H17NO2. The number of aliphatic hydroxyl groups excluding tert-OH is 1. The number of rotatable bonds is 4. The highest BCUT2D eigenvalue weighted by atomic mass is 16.5. The van der Waals surface area contributed by atoms with E-state index in [9.17, 15) is 0 Å². The van der Waals surface area contributed by atoms with E-state index < -0.39 is 0 Å². The number of methoxy groups -OCH3 is 1. The highest BCUT2D eigenvalue weighted by Gasteiger charge is 2.25. The van der Waals surface area contributed by atoms with Crippen LogP contribution in [0.25, 0.3) is 0 Å². The molecule has 1 saturated heterocycles. The molecule has 1 rings (SSSR count). The van der Waals surface area contributed by atoms with Gasteiger partial charge in [-0.25, -0.2) is 0 Å². The Balaban J connectivity index is 2.25. The molecule has 2 atom stereocenters. The molecule has 0 aliphatic carbocycles. The summed E-state index contributed by atoms with van der Waals surface area (Å²) in [7, 11) is 1.73. The van der Waals surface area contributed by atoms with Gasteiger partial charge >= 0.3 is 0 Å². The molecule has 2 N–H and O–H groups in total. The summed E-state index contributed by atoms with van der Waals surface area (Å²) in [6.45, 7) is 2.16. The zero-order chi connectivity index (χ0) is 8.10. The van der Waals surface area contributed by atoms with Crippen LogP contribution in [0.3, 0.4) is 0 Å². The maximum atomic E-state index is 8.73. The van der Waals surface area contributed by atoms with Gasteiger partial charge in [-0.3, -0.25) is 0 Å². The van der Waals surface area contributed by atoms with E-state index in [1.807, 2.05) is 0 Å². The molecule has 0 bridgehead atoms. The summed E-state index contributed by atoms with van der Waals surface area (Å²) < 4.78 is 5.08. The van der Waals surface area contributed by atoms with Gasteiger partial charge in [0.15, 0.2) is 0 Å². The maximum absolute atomic E-state index is 8.73. The van der Waals surface area contributed by atoms with Gasteiger partial charge in [-0.05, 0) is 25.3 Å². The van der Waals surface area contributed by atoms with Crippen LogP contribution in [0.2, 0.25) is 0 Å². The third-order valence-corrected chi connectivity index (χ3v) is 2.31. The Hall–Kier alpha value is -0.120. The molecule has 1 fully saturated rings. The van der Waals surface area contributed by atoms with Crippen molar-refractivity contribution in [3.8, 4) is 0 Å². The van der Waals surface area contributed by atoms with Gasteiger partial charge in [0.05, 0.1) is 6.61 Å². The monoisotopic (exact) mass is 159 g/mol. The minimum absolute atomic E-state index is 0.276. The van der Waals surface area contributed by atoms with Gasteiger partial charge in [0.25, 0.3) is 0 Å². The van der Waals surface area contributed by atoms with Crippen LogP contribution in [0.1, 0.15) is 12.8 Å². The van der Waals surface area contributed by atoms with Gasteiger partial charge in [-0.2, -0.15) is 0 Å². The SMILES string of the molecule is COCC1CCNC1CCO. The summed E-state index contributed by atoms with van der Waals surface area (Å²) in [5, 5.41) is 12.1.